The van der Waals surface area contributed by atoms with Gasteiger partial charge in [0.15, 0.2) is 5.82 Å². The molecule has 2 aromatic rings. The van der Waals surface area contributed by atoms with E-state index in [1.54, 1.807) is 13.0 Å². The monoisotopic (exact) mass is 333 g/mol. The van der Waals surface area contributed by atoms with Crippen LogP contribution >= 0.6 is 0 Å². The predicted molar refractivity (Wildman–Crippen MR) is 88.0 cm³/mol. The normalized spacial score (nSPS) is 17.2. The summed E-state index contributed by atoms with van der Waals surface area (Å²) in [4.78, 5) is 4.50. The highest BCUT2D eigenvalue weighted by Crippen LogP contribution is 2.38. The Hall–Kier alpha value is -1.79. The van der Waals surface area contributed by atoms with Gasteiger partial charge in [-0.25, -0.2) is 4.39 Å². The highest BCUT2D eigenvalue weighted by Gasteiger charge is 2.31. The highest BCUT2D eigenvalue weighted by molar-refractivity contribution is 5.28. The lowest BCUT2D eigenvalue weighted by Crippen LogP contribution is -2.30. The molecule has 1 aliphatic rings. The molecular formula is C18H24FN3O2. The molecule has 2 atom stereocenters. The van der Waals surface area contributed by atoms with Crippen molar-refractivity contribution in [3.8, 4) is 0 Å². The zero-order valence-electron chi connectivity index (χ0n) is 14.3. The summed E-state index contributed by atoms with van der Waals surface area (Å²) in [6, 6.07) is 4.30. The molecule has 0 aliphatic heterocycles. The van der Waals surface area contributed by atoms with Crippen LogP contribution in [0.2, 0.25) is 0 Å². The van der Waals surface area contributed by atoms with Crippen molar-refractivity contribution >= 4 is 0 Å². The third-order valence-corrected chi connectivity index (χ3v) is 4.45. The Labute approximate surface area is 141 Å². The van der Waals surface area contributed by atoms with Crippen LogP contribution in [-0.4, -0.2) is 21.8 Å². The fourth-order valence-corrected chi connectivity index (χ4v) is 2.85. The summed E-state index contributed by atoms with van der Waals surface area (Å²) in [5, 5.41) is 17.8. The van der Waals surface area contributed by atoms with Gasteiger partial charge in [-0.1, -0.05) is 25.1 Å². The first-order valence-electron chi connectivity index (χ1n) is 8.46. The van der Waals surface area contributed by atoms with E-state index in [4.69, 9.17) is 4.52 Å². The van der Waals surface area contributed by atoms with Gasteiger partial charge in [-0.05, 0) is 48.9 Å². The van der Waals surface area contributed by atoms with Crippen LogP contribution in [0.15, 0.2) is 22.7 Å². The highest BCUT2D eigenvalue weighted by atomic mass is 19.1. The van der Waals surface area contributed by atoms with Gasteiger partial charge in [-0.3, -0.25) is 0 Å². The van der Waals surface area contributed by atoms with Crippen molar-refractivity contribution in [3.05, 3.63) is 46.9 Å². The topological polar surface area (TPSA) is 71.2 Å². The summed E-state index contributed by atoms with van der Waals surface area (Å²) in [6.07, 6.45) is 1.53. The third kappa shape index (κ3) is 3.82. The molecule has 24 heavy (non-hydrogen) atoms. The van der Waals surface area contributed by atoms with Gasteiger partial charge in [-0.15, -0.1) is 0 Å². The van der Waals surface area contributed by atoms with E-state index in [2.05, 4.69) is 29.3 Å². The maximum atomic E-state index is 13.2. The number of aliphatic hydroxyl groups is 1. The smallest absolute Gasteiger partial charge is 0.244 e. The van der Waals surface area contributed by atoms with Crippen LogP contribution < -0.4 is 5.32 Å². The number of nitrogens with one attached hydrogen (secondary N) is 1. The van der Waals surface area contributed by atoms with Crippen molar-refractivity contribution in [2.24, 2.45) is 5.92 Å². The summed E-state index contributed by atoms with van der Waals surface area (Å²) >= 11 is 0. The number of hydrogen-bond donors (Lipinski definition) is 2. The van der Waals surface area contributed by atoms with Gasteiger partial charge in [0, 0.05) is 12.5 Å². The fraction of sp³-hybridized carbons (Fsp3) is 0.556. The first kappa shape index (κ1) is 17.0. The second-order valence-corrected chi connectivity index (χ2v) is 6.91. The molecule has 0 spiro atoms. The molecule has 3 rings (SSSR count). The van der Waals surface area contributed by atoms with Crippen LogP contribution in [0.5, 0.6) is 0 Å². The van der Waals surface area contributed by atoms with Crippen LogP contribution in [0.4, 0.5) is 4.39 Å². The molecule has 1 heterocycles. The number of aliphatic hydroxyl groups excluding tert-OH is 1. The van der Waals surface area contributed by atoms with E-state index >= 15 is 0 Å². The van der Waals surface area contributed by atoms with Crippen molar-refractivity contribution in [2.75, 3.05) is 6.54 Å². The van der Waals surface area contributed by atoms with Crippen LogP contribution in [0.25, 0.3) is 0 Å². The van der Waals surface area contributed by atoms with Crippen molar-refractivity contribution in [3.63, 3.8) is 0 Å². The van der Waals surface area contributed by atoms with E-state index in [0.717, 1.165) is 29.8 Å². The van der Waals surface area contributed by atoms with Crippen molar-refractivity contribution in [2.45, 2.75) is 51.7 Å². The number of halogens is 1. The number of aryl methyl sites for hydroxylation is 1. The molecular weight excluding hydrogens is 309 g/mol. The first-order chi connectivity index (χ1) is 11.5. The van der Waals surface area contributed by atoms with Gasteiger partial charge in [0.1, 0.15) is 5.82 Å². The predicted octanol–water partition coefficient (Wildman–Crippen LogP) is 3.41. The Bertz CT molecular complexity index is 697. The van der Waals surface area contributed by atoms with Crippen molar-refractivity contribution in [1.82, 2.24) is 15.5 Å². The molecule has 0 amide bonds. The van der Waals surface area contributed by atoms with E-state index in [-0.39, 0.29) is 17.8 Å². The minimum atomic E-state index is -0.724. The Morgan fingerprint density at radius 2 is 2.12 bits per heavy atom. The molecule has 130 valence electrons. The molecule has 1 fully saturated rings. The van der Waals surface area contributed by atoms with Gasteiger partial charge >= 0.3 is 0 Å². The van der Waals surface area contributed by atoms with Crippen LogP contribution in [0.1, 0.15) is 67.6 Å². The van der Waals surface area contributed by atoms with E-state index in [1.165, 1.54) is 12.1 Å². The quantitative estimate of drug-likeness (QED) is 0.812. The van der Waals surface area contributed by atoms with Gasteiger partial charge in [-0.2, -0.15) is 4.98 Å². The molecule has 5 nitrogen and oxygen atoms in total. The fourth-order valence-electron chi connectivity index (χ4n) is 2.85. The SMILES string of the molecule is Cc1cc(F)ccc1C(O)CNC(c1nc(C2CC2)no1)C(C)C. The number of benzene rings is 1. The largest absolute Gasteiger partial charge is 0.387 e. The van der Waals surface area contributed by atoms with Gasteiger partial charge in [0.2, 0.25) is 5.89 Å². The summed E-state index contributed by atoms with van der Waals surface area (Å²) in [5.74, 6) is 1.74. The first-order valence-corrected chi connectivity index (χ1v) is 8.46. The number of rotatable bonds is 7. The second kappa shape index (κ2) is 6.99. The van der Waals surface area contributed by atoms with E-state index in [0.29, 0.717) is 18.4 Å². The summed E-state index contributed by atoms with van der Waals surface area (Å²) in [7, 11) is 0. The van der Waals surface area contributed by atoms with Crippen molar-refractivity contribution < 1.29 is 14.0 Å². The second-order valence-electron chi connectivity index (χ2n) is 6.91. The van der Waals surface area contributed by atoms with Gasteiger partial charge in [0.05, 0.1) is 12.1 Å². The van der Waals surface area contributed by atoms with E-state index in [9.17, 15) is 9.50 Å². The van der Waals surface area contributed by atoms with Crippen LogP contribution in [0.3, 0.4) is 0 Å². The molecule has 0 bridgehead atoms. The number of hydrogen-bond acceptors (Lipinski definition) is 5. The summed E-state index contributed by atoms with van der Waals surface area (Å²) in [5.41, 5.74) is 1.45. The zero-order chi connectivity index (χ0) is 17.3. The molecule has 0 radical (unpaired) electrons. The Morgan fingerprint density at radius 1 is 1.38 bits per heavy atom. The van der Waals surface area contributed by atoms with Gasteiger partial charge < -0.3 is 14.9 Å². The van der Waals surface area contributed by atoms with E-state index in [1.807, 2.05) is 0 Å². The van der Waals surface area contributed by atoms with Crippen molar-refractivity contribution in [1.29, 1.82) is 0 Å². The maximum Gasteiger partial charge on any atom is 0.244 e. The molecule has 2 N–H and O–H groups in total. The molecule has 1 aliphatic carbocycles. The molecule has 1 aromatic carbocycles. The average Bonchev–Trinajstić information content (AvgIpc) is 3.26. The Kier molecular flexibility index (Phi) is 4.96. The van der Waals surface area contributed by atoms with Crippen LogP contribution in [0, 0.1) is 18.7 Å². The molecule has 0 saturated heterocycles. The zero-order valence-corrected chi connectivity index (χ0v) is 14.3. The molecule has 1 aromatic heterocycles. The van der Waals surface area contributed by atoms with Gasteiger partial charge in [0.25, 0.3) is 0 Å². The molecule has 2 unspecified atom stereocenters. The maximum absolute atomic E-state index is 13.2. The molecule has 1 saturated carbocycles. The molecule has 6 heteroatoms. The Morgan fingerprint density at radius 3 is 2.75 bits per heavy atom. The Balaban J connectivity index is 1.66. The summed E-state index contributed by atoms with van der Waals surface area (Å²) in [6.45, 7) is 6.25. The lowest BCUT2D eigenvalue weighted by Gasteiger charge is -2.21. The van der Waals surface area contributed by atoms with Crippen LogP contribution in [-0.2, 0) is 0 Å². The number of nitrogens with zero attached hydrogens (tertiary/aromatic N) is 2. The minimum absolute atomic E-state index is 0.125. The summed E-state index contributed by atoms with van der Waals surface area (Å²) < 4.78 is 18.6. The average molecular weight is 333 g/mol. The number of aromatic nitrogens is 2. The lowest BCUT2D eigenvalue weighted by atomic mass is 10.0. The lowest BCUT2D eigenvalue weighted by molar-refractivity contribution is 0.159. The minimum Gasteiger partial charge on any atom is -0.387 e. The standard InChI is InChI=1S/C18H24FN3O2/c1-10(2)16(18-21-17(22-24-18)12-4-5-12)20-9-15(23)14-7-6-13(19)8-11(14)3/h6-8,10,12,15-16,20,23H,4-5,9H2,1-3H3. The van der Waals surface area contributed by atoms with E-state index < -0.39 is 6.10 Å². The third-order valence-electron chi connectivity index (χ3n) is 4.45.